The Morgan fingerprint density at radius 2 is 1.50 bits per heavy atom. The molecule has 2 saturated heterocycles. The summed E-state index contributed by atoms with van der Waals surface area (Å²) in [6.07, 6.45) is 3.86. The first-order valence-corrected chi connectivity index (χ1v) is 12.4. The van der Waals surface area contributed by atoms with Gasteiger partial charge in [-0.1, -0.05) is 18.2 Å². The number of aromatic nitrogens is 2. The maximum Gasteiger partial charge on any atom is 0.256 e. The smallest absolute Gasteiger partial charge is 0.256 e. The molecule has 2 aromatic carbocycles. The average Bonchev–Trinajstić information content (AvgIpc) is 3.53. The maximum atomic E-state index is 13.1. The van der Waals surface area contributed by atoms with E-state index in [9.17, 15) is 13.2 Å². The lowest BCUT2D eigenvalue weighted by atomic mass is 10.2. The Hall–Kier alpha value is -3.04. The van der Waals surface area contributed by atoms with E-state index >= 15 is 0 Å². The number of hydrogen-bond donors (Lipinski definition) is 1. The summed E-state index contributed by atoms with van der Waals surface area (Å²) in [5.41, 5.74) is 1.73. The molecule has 0 saturated carbocycles. The average molecular weight is 452 g/mol. The highest BCUT2D eigenvalue weighted by Gasteiger charge is 2.28. The second kappa shape index (κ2) is 8.48. The number of amides is 1. The van der Waals surface area contributed by atoms with Crippen LogP contribution in [0.15, 0.2) is 53.4 Å². The van der Waals surface area contributed by atoms with Crippen LogP contribution >= 0.6 is 0 Å². The first kappa shape index (κ1) is 20.8. The Morgan fingerprint density at radius 3 is 2.22 bits per heavy atom. The van der Waals surface area contributed by atoms with Crippen molar-refractivity contribution in [2.75, 3.05) is 36.4 Å². The Bertz CT molecular complexity index is 1270. The highest BCUT2D eigenvalue weighted by molar-refractivity contribution is 7.89. The lowest BCUT2D eigenvalue weighted by Crippen LogP contribution is -2.28. The van der Waals surface area contributed by atoms with Crippen molar-refractivity contribution in [1.82, 2.24) is 14.3 Å². The fourth-order valence-corrected chi connectivity index (χ4v) is 5.84. The lowest BCUT2D eigenvalue weighted by molar-refractivity contribution is 0.102. The third kappa shape index (κ3) is 3.93. The van der Waals surface area contributed by atoms with Crippen molar-refractivity contribution in [2.24, 2.45) is 0 Å². The van der Waals surface area contributed by atoms with Crippen LogP contribution in [0.5, 0.6) is 0 Å². The van der Waals surface area contributed by atoms with Gasteiger partial charge >= 0.3 is 0 Å². The van der Waals surface area contributed by atoms with E-state index in [1.165, 1.54) is 16.4 Å². The van der Waals surface area contributed by atoms with Crippen molar-refractivity contribution in [3.8, 4) is 0 Å². The molecule has 1 N–H and O–H groups in total. The van der Waals surface area contributed by atoms with Gasteiger partial charge in [0.2, 0.25) is 10.0 Å². The van der Waals surface area contributed by atoms with Crippen LogP contribution < -0.4 is 10.2 Å². The quantitative estimate of drug-likeness (QED) is 0.640. The maximum absolute atomic E-state index is 13.1. The molecule has 0 atom stereocenters. The van der Waals surface area contributed by atoms with E-state index in [4.69, 9.17) is 4.98 Å². The van der Waals surface area contributed by atoms with E-state index < -0.39 is 15.9 Å². The molecule has 3 aromatic rings. The molecular formula is C23H25N5O3S. The highest BCUT2D eigenvalue weighted by Crippen LogP contribution is 2.28. The van der Waals surface area contributed by atoms with Crippen LogP contribution in [-0.4, -0.2) is 54.8 Å². The van der Waals surface area contributed by atoms with Crippen molar-refractivity contribution in [1.29, 1.82) is 0 Å². The lowest BCUT2D eigenvalue weighted by Gasteiger charge is -2.20. The van der Waals surface area contributed by atoms with Crippen LogP contribution in [-0.2, 0) is 10.0 Å². The molecule has 2 aliphatic rings. The van der Waals surface area contributed by atoms with Crippen LogP contribution in [0.4, 0.5) is 11.6 Å². The standard InChI is InChI=1S/C23H25N5O3S/c29-23(17-8-7-9-18(16-17)32(30,31)28-14-5-6-15-28)26-21-22(27-12-3-4-13-27)25-20-11-2-1-10-19(20)24-21/h1-2,7-11,16H,3-6,12-15H2,(H,24,26,29). The molecule has 8 nitrogen and oxygen atoms in total. The van der Waals surface area contributed by atoms with E-state index in [0.717, 1.165) is 44.3 Å². The SMILES string of the molecule is O=C(Nc1nc2ccccc2nc1N1CCCC1)c1cccc(S(=O)(=O)N2CCCC2)c1. The van der Waals surface area contributed by atoms with Gasteiger partial charge in [-0.05, 0) is 56.0 Å². The third-order valence-corrected chi connectivity index (χ3v) is 7.88. The van der Waals surface area contributed by atoms with Gasteiger partial charge in [0.15, 0.2) is 11.6 Å². The number of sulfonamides is 1. The van der Waals surface area contributed by atoms with E-state index in [2.05, 4.69) is 15.2 Å². The summed E-state index contributed by atoms with van der Waals surface area (Å²) in [6, 6.07) is 13.7. The number of anilines is 2. The molecule has 166 valence electrons. The summed E-state index contributed by atoms with van der Waals surface area (Å²) in [6.45, 7) is 2.76. The highest BCUT2D eigenvalue weighted by atomic mass is 32.2. The molecule has 0 bridgehead atoms. The van der Waals surface area contributed by atoms with E-state index in [-0.39, 0.29) is 10.5 Å². The molecular weight excluding hydrogens is 426 g/mol. The molecule has 3 heterocycles. The van der Waals surface area contributed by atoms with E-state index in [0.29, 0.717) is 30.2 Å². The molecule has 2 fully saturated rings. The zero-order chi connectivity index (χ0) is 22.1. The predicted molar refractivity (Wildman–Crippen MR) is 123 cm³/mol. The summed E-state index contributed by atoms with van der Waals surface area (Å²) in [5, 5.41) is 2.88. The fourth-order valence-electron chi connectivity index (χ4n) is 4.28. The van der Waals surface area contributed by atoms with Gasteiger partial charge in [0.1, 0.15) is 0 Å². The molecule has 0 spiro atoms. The van der Waals surface area contributed by atoms with Gasteiger partial charge in [-0.15, -0.1) is 0 Å². The second-order valence-electron chi connectivity index (χ2n) is 8.17. The summed E-state index contributed by atoms with van der Waals surface area (Å²) in [5.74, 6) is 0.632. The number of carbonyl (C=O) groups is 1. The summed E-state index contributed by atoms with van der Waals surface area (Å²) in [4.78, 5) is 24.8. The number of nitrogens with zero attached hydrogens (tertiary/aromatic N) is 4. The summed E-state index contributed by atoms with van der Waals surface area (Å²) < 4.78 is 27.3. The van der Waals surface area contributed by atoms with Crippen LogP contribution in [0.1, 0.15) is 36.0 Å². The third-order valence-electron chi connectivity index (χ3n) is 5.99. The molecule has 2 aliphatic heterocycles. The van der Waals surface area contributed by atoms with Crippen molar-refractivity contribution in [3.05, 3.63) is 54.1 Å². The molecule has 1 aromatic heterocycles. The van der Waals surface area contributed by atoms with Crippen LogP contribution in [0.2, 0.25) is 0 Å². The topological polar surface area (TPSA) is 95.5 Å². The first-order chi connectivity index (χ1) is 15.5. The van der Waals surface area contributed by atoms with E-state index in [1.807, 2.05) is 24.3 Å². The molecule has 0 aliphatic carbocycles. The Labute approximate surface area is 187 Å². The minimum absolute atomic E-state index is 0.136. The van der Waals surface area contributed by atoms with Gasteiger partial charge in [-0.2, -0.15) is 4.31 Å². The zero-order valence-electron chi connectivity index (χ0n) is 17.7. The van der Waals surface area contributed by atoms with Crippen molar-refractivity contribution in [2.45, 2.75) is 30.6 Å². The molecule has 1 amide bonds. The normalized spacial score (nSPS) is 17.2. The molecule has 5 rings (SSSR count). The van der Waals surface area contributed by atoms with E-state index in [1.54, 1.807) is 12.1 Å². The number of benzene rings is 2. The Kier molecular flexibility index (Phi) is 5.52. The second-order valence-corrected chi connectivity index (χ2v) is 10.1. The number of rotatable bonds is 5. The zero-order valence-corrected chi connectivity index (χ0v) is 18.5. The van der Waals surface area contributed by atoms with Crippen LogP contribution in [0.3, 0.4) is 0 Å². The number of carbonyl (C=O) groups excluding carboxylic acids is 1. The summed E-state index contributed by atoms with van der Waals surface area (Å²) in [7, 11) is -3.60. The van der Waals surface area contributed by atoms with Crippen molar-refractivity contribution < 1.29 is 13.2 Å². The number of fused-ring (bicyclic) bond motifs is 1. The minimum atomic E-state index is -3.60. The first-order valence-electron chi connectivity index (χ1n) is 11.0. The Balaban J connectivity index is 1.47. The molecule has 32 heavy (non-hydrogen) atoms. The van der Waals surface area contributed by atoms with Gasteiger partial charge in [0.25, 0.3) is 5.91 Å². The monoisotopic (exact) mass is 451 g/mol. The van der Waals surface area contributed by atoms with Crippen LogP contribution in [0, 0.1) is 0 Å². The Morgan fingerprint density at radius 1 is 0.844 bits per heavy atom. The van der Waals surface area contributed by atoms with Gasteiger partial charge in [-0.3, -0.25) is 4.79 Å². The van der Waals surface area contributed by atoms with Gasteiger partial charge < -0.3 is 10.2 Å². The number of para-hydroxylation sites is 2. The number of nitrogens with one attached hydrogen (secondary N) is 1. The van der Waals surface area contributed by atoms with Gasteiger partial charge in [-0.25, -0.2) is 18.4 Å². The minimum Gasteiger partial charge on any atom is -0.354 e. The van der Waals surface area contributed by atoms with Crippen molar-refractivity contribution >= 4 is 38.6 Å². The summed E-state index contributed by atoms with van der Waals surface area (Å²) >= 11 is 0. The number of hydrogen-bond acceptors (Lipinski definition) is 6. The van der Waals surface area contributed by atoms with Crippen molar-refractivity contribution in [3.63, 3.8) is 0 Å². The largest absolute Gasteiger partial charge is 0.354 e. The van der Waals surface area contributed by atoms with Gasteiger partial charge in [0, 0.05) is 31.7 Å². The molecule has 0 unspecified atom stereocenters. The fraction of sp³-hybridized carbons (Fsp3) is 0.348. The van der Waals surface area contributed by atoms with Crippen LogP contribution in [0.25, 0.3) is 11.0 Å². The molecule has 9 heteroatoms. The van der Waals surface area contributed by atoms with Gasteiger partial charge in [0.05, 0.1) is 15.9 Å². The predicted octanol–water partition coefficient (Wildman–Crippen LogP) is 3.27. The molecule has 0 radical (unpaired) electrons.